The van der Waals surface area contributed by atoms with Gasteiger partial charge < -0.3 is 5.32 Å². The molecule has 1 saturated heterocycles. The van der Waals surface area contributed by atoms with Crippen LogP contribution in [-0.2, 0) is 9.59 Å². The van der Waals surface area contributed by atoms with Crippen molar-refractivity contribution < 1.29 is 18.8 Å². The maximum absolute atomic E-state index is 13.8. The van der Waals surface area contributed by atoms with E-state index in [1.165, 1.54) is 22.7 Å². The lowest BCUT2D eigenvalue weighted by Gasteiger charge is -2.12. The van der Waals surface area contributed by atoms with Gasteiger partial charge in [-0.3, -0.25) is 19.3 Å². The zero-order chi connectivity index (χ0) is 21.8. The fraction of sp³-hybridized carbons (Fsp3) is 0.158. The highest BCUT2D eigenvalue weighted by Crippen LogP contribution is 2.32. The van der Waals surface area contributed by atoms with Crippen molar-refractivity contribution in [2.75, 3.05) is 18.8 Å². The minimum Gasteiger partial charge on any atom is -0.354 e. The van der Waals surface area contributed by atoms with E-state index < -0.39 is 17.0 Å². The van der Waals surface area contributed by atoms with Crippen LogP contribution in [0.3, 0.4) is 0 Å². The molecule has 0 radical (unpaired) electrons. The highest BCUT2D eigenvalue weighted by atomic mass is 32.2. The topological polar surface area (TPSA) is 110 Å². The monoisotopic (exact) mass is 458 g/mol. The van der Waals surface area contributed by atoms with Gasteiger partial charge in [0.1, 0.15) is 5.82 Å². The molecule has 3 heterocycles. The quantitative estimate of drug-likeness (QED) is 0.424. The Morgan fingerprint density at radius 1 is 1.26 bits per heavy atom. The van der Waals surface area contributed by atoms with E-state index in [4.69, 9.17) is 0 Å². The number of rotatable bonds is 7. The molecule has 0 aliphatic carbocycles. The molecule has 0 bridgehead atoms. The number of aromatic nitrogens is 4. The molecular formula is C19H15FN6O3S2. The molecule has 3 amide bonds. The maximum atomic E-state index is 13.8. The molecule has 1 aliphatic heterocycles. The van der Waals surface area contributed by atoms with Crippen LogP contribution < -0.4 is 5.32 Å². The van der Waals surface area contributed by atoms with Gasteiger partial charge in [-0.1, -0.05) is 30.0 Å². The van der Waals surface area contributed by atoms with Crippen molar-refractivity contribution in [1.82, 2.24) is 29.8 Å². The second kappa shape index (κ2) is 9.27. The van der Waals surface area contributed by atoms with Gasteiger partial charge in [0.05, 0.1) is 10.7 Å². The first kappa shape index (κ1) is 21.0. The summed E-state index contributed by atoms with van der Waals surface area (Å²) in [6.07, 6.45) is 4.66. The van der Waals surface area contributed by atoms with E-state index in [1.807, 2.05) is 0 Å². The van der Waals surface area contributed by atoms with Gasteiger partial charge >= 0.3 is 0 Å². The highest BCUT2D eigenvalue weighted by Gasteiger charge is 2.34. The molecule has 0 atom stereocenters. The van der Waals surface area contributed by atoms with Crippen LogP contribution in [0.15, 0.2) is 52.8 Å². The second-order valence-corrected chi connectivity index (χ2v) is 8.19. The van der Waals surface area contributed by atoms with Gasteiger partial charge in [0, 0.05) is 31.0 Å². The van der Waals surface area contributed by atoms with Crippen molar-refractivity contribution >= 4 is 52.4 Å². The molecule has 9 nitrogen and oxygen atoms in total. The van der Waals surface area contributed by atoms with Crippen LogP contribution in [-0.4, -0.2) is 60.4 Å². The standard InChI is InChI=1S/C19H15FN6O3S2/c20-13-5-2-1-4-12(13)10-14-16(28)25(19(29)31-14)9-7-21-15(27)11-30-18-23-17-22-6-3-8-26(17)24-18/h1-6,8,10H,7,9,11H2,(H,21,27)/b14-10-. The summed E-state index contributed by atoms with van der Waals surface area (Å²) in [5, 5.41) is 6.80. The lowest BCUT2D eigenvalue weighted by molar-refractivity contribution is -0.123. The summed E-state index contributed by atoms with van der Waals surface area (Å²) in [5.41, 5.74) is 0.231. The number of amides is 3. The summed E-state index contributed by atoms with van der Waals surface area (Å²) < 4.78 is 15.3. The lowest BCUT2D eigenvalue weighted by Crippen LogP contribution is -2.37. The summed E-state index contributed by atoms with van der Waals surface area (Å²) in [7, 11) is 0. The number of hydrogen-bond acceptors (Lipinski definition) is 8. The molecule has 1 fully saturated rings. The third-order valence-corrected chi connectivity index (χ3v) is 5.90. The van der Waals surface area contributed by atoms with Crippen LogP contribution >= 0.6 is 23.5 Å². The van der Waals surface area contributed by atoms with E-state index in [2.05, 4.69) is 20.4 Å². The molecular weight excluding hydrogens is 443 g/mol. The minimum atomic E-state index is -0.511. The number of hydrogen-bond donors (Lipinski definition) is 1. The Hall–Kier alpha value is -3.25. The van der Waals surface area contributed by atoms with Crippen LogP contribution in [0.2, 0.25) is 0 Å². The highest BCUT2D eigenvalue weighted by molar-refractivity contribution is 8.18. The summed E-state index contributed by atoms with van der Waals surface area (Å²) in [6, 6.07) is 7.71. The van der Waals surface area contributed by atoms with Crippen molar-refractivity contribution in [3.05, 3.63) is 59.0 Å². The molecule has 4 rings (SSSR count). The zero-order valence-corrected chi connectivity index (χ0v) is 17.5. The Kier molecular flexibility index (Phi) is 6.28. The Morgan fingerprint density at radius 3 is 2.90 bits per heavy atom. The molecule has 3 aromatic rings. The molecule has 2 aromatic heterocycles. The molecule has 0 spiro atoms. The number of thioether (sulfide) groups is 2. The SMILES string of the molecule is O=C(CSc1nc2ncccn2n1)NCCN1C(=O)S/C(=C\c2ccccc2F)C1=O. The van der Waals surface area contributed by atoms with Gasteiger partial charge in [0.25, 0.3) is 16.9 Å². The van der Waals surface area contributed by atoms with Crippen molar-refractivity contribution in [2.45, 2.75) is 5.16 Å². The van der Waals surface area contributed by atoms with Gasteiger partial charge in [0.15, 0.2) is 0 Å². The minimum absolute atomic E-state index is 0.0201. The number of imide groups is 1. The van der Waals surface area contributed by atoms with E-state index in [-0.39, 0.29) is 35.2 Å². The van der Waals surface area contributed by atoms with E-state index in [0.717, 1.165) is 28.4 Å². The molecule has 1 aliphatic rings. The molecule has 12 heteroatoms. The largest absolute Gasteiger partial charge is 0.354 e. The Labute approximate surface area is 184 Å². The van der Waals surface area contributed by atoms with Gasteiger partial charge in [-0.2, -0.15) is 4.98 Å². The summed E-state index contributed by atoms with van der Waals surface area (Å²) in [6.45, 7) is 0.122. The molecule has 31 heavy (non-hydrogen) atoms. The average molecular weight is 459 g/mol. The summed E-state index contributed by atoms with van der Waals surface area (Å²) in [5.74, 6) is -0.761. The van der Waals surface area contributed by atoms with Gasteiger partial charge in [0.2, 0.25) is 11.1 Å². The predicted octanol–water partition coefficient (Wildman–Crippen LogP) is 2.21. The first-order valence-electron chi connectivity index (χ1n) is 9.08. The van der Waals surface area contributed by atoms with Crippen LogP contribution in [0.25, 0.3) is 11.9 Å². The Bertz CT molecular complexity index is 1170. The van der Waals surface area contributed by atoms with Crippen LogP contribution in [0.1, 0.15) is 5.56 Å². The summed E-state index contributed by atoms with van der Waals surface area (Å²) >= 11 is 1.89. The van der Waals surface area contributed by atoms with E-state index in [1.54, 1.807) is 30.6 Å². The number of nitrogens with zero attached hydrogens (tertiary/aromatic N) is 5. The zero-order valence-electron chi connectivity index (χ0n) is 15.9. The van der Waals surface area contributed by atoms with Crippen LogP contribution in [0, 0.1) is 5.82 Å². The normalized spacial score (nSPS) is 15.3. The molecule has 0 saturated carbocycles. The average Bonchev–Trinajstić information content (AvgIpc) is 3.29. The molecule has 158 valence electrons. The third kappa shape index (κ3) is 4.91. The third-order valence-electron chi connectivity index (χ3n) is 4.15. The van der Waals surface area contributed by atoms with Gasteiger partial charge in [-0.05, 0) is 30.0 Å². The first-order valence-corrected chi connectivity index (χ1v) is 10.9. The van der Waals surface area contributed by atoms with Crippen LogP contribution in [0.5, 0.6) is 0 Å². The number of carbonyl (C=O) groups excluding carboxylic acids is 3. The summed E-state index contributed by atoms with van der Waals surface area (Å²) in [4.78, 5) is 46.1. The lowest BCUT2D eigenvalue weighted by atomic mass is 10.2. The second-order valence-electron chi connectivity index (χ2n) is 6.25. The van der Waals surface area contributed by atoms with E-state index in [0.29, 0.717) is 10.9 Å². The Balaban J connectivity index is 1.27. The van der Waals surface area contributed by atoms with Crippen molar-refractivity contribution in [3.8, 4) is 0 Å². The number of benzene rings is 1. The fourth-order valence-corrected chi connectivity index (χ4v) is 4.20. The Morgan fingerprint density at radius 2 is 2.10 bits per heavy atom. The van der Waals surface area contributed by atoms with Crippen molar-refractivity contribution in [2.24, 2.45) is 0 Å². The number of halogens is 1. The number of carbonyl (C=O) groups is 3. The van der Waals surface area contributed by atoms with E-state index >= 15 is 0 Å². The smallest absolute Gasteiger partial charge is 0.293 e. The van der Waals surface area contributed by atoms with Crippen molar-refractivity contribution in [3.63, 3.8) is 0 Å². The predicted molar refractivity (Wildman–Crippen MR) is 114 cm³/mol. The number of nitrogens with one attached hydrogen (secondary N) is 1. The van der Waals surface area contributed by atoms with Gasteiger partial charge in [-0.15, -0.1) is 5.10 Å². The van der Waals surface area contributed by atoms with Gasteiger partial charge in [-0.25, -0.2) is 13.9 Å². The van der Waals surface area contributed by atoms with E-state index in [9.17, 15) is 18.8 Å². The first-order chi connectivity index (χ1) is 15.0. The molecule has 1 aromatic carbocycles. The fourth-order valence-electron chi connectivity index (χ4n) is 2.69. The maximum Gasteiger partial charge on any atom is 0.293 e. The van der Waals surface area contributed by atoms with Crippen molar-refractivity contribution in [1.29, 1.82) is 0 Å². The number of fused-ring (bicyclic) bond motifs is 1. The molecule has 0 unspecified atom stereocenters. The molecule has 1 N–H and O–H groups in total. The van der Waals surface area contributed by atoms with Crippen LogP contribution in [0.4, 0.5) is 9.18 Å².